The van der Waals surface area contributed by atoms with E-state index in [1.54, 1.807) is 4.31 Å². The number of hydrogen-bond donors (Lipinski definition) is 1. The lowest BCUT2D eigenvalue weighted by atomic mass is 10.1. The molecule has 0 atom stereocenters. The molecule has 7 heteroatoms. The minimum Gasteiger partial charge on any atom is -0.484 e. The van der Waals surface area contributed by atoms with Crippen molar-refractivity contribution in [3.8, 4) is 5.75 Å². The smallest absolute Gasteiger partial charge is 0.258 e. The molecule has 1 aromatic carbocycles. The molecule has 0 aliphatic carbocycles. The zero-order valence-electron chi connectivity index (χ0n) is 15.0. The zero-order valence-corrected chi connectivity index (χ0v) is 15.8. The van der Waals surface area contributed by atoms with Gasteiger partial charge < -0.3 is 10.1 Å². The van der Waals surface area contributed by atoms with E-state index in [-0.39, 0.29) is 24.3 Å². The number of nitrogens with zero attached hydrogens (tertiary/aromatic N) is 1. The minimum atomic E-state index is -3.15. The van der Waals surface area contributed by atoms with Gasteiger partial charge in [-0.2, -0.15) is 0 Å². The highest BCUT2D eigenvalue weighted by molar-refractivity contribution is 7.89. The summed E-state index contributed by atoms with van der Waals surface area (Å²) in [5.41, 5.74) is 1.14. The topological polar surface area (TPSA) is 75.7 Å². The number of unbranched alkanes of at least 4 members (excludes halogenated alkanes) is 1. The van der Waals surface area contributed by atoms with Gasteiger partial charge in [-0.3, -0.25) is 4.79 Å². The van der Waals surface area contributed by atoms with Crippen molar-refractivity contribution in [3.05, 3.63) is 29.8 Å². The Kier molecular flexibility index (Phi) is 7.25. The Hall–Kier alpha value is -1.60. The second-order valence-corrected chi connectivity index (χ2v) is 8.60. The molecule has 0 radical (unpaired) electrons. The summed E-state index contributed by atoms with van der Waals surface area (Å²) in [5, 5.41) is 2.93. The quantitative estimate of drug-likeness (QED) is 0.762. The molecule has 0 bridgehead atoms. The Morgan fingerprint density at radius 1 is 1.24 bits per heavy atom. The van der Waals surface area contributed by atoms with Gasteiger partial charge in [-0.15, -0.1) is 0 Å². The lowest BCUT2D eigenvalue weighted by Gasteiger charge is -2.31. The highest BCUT2D eigenvalue weighted by Crippen LogP contribution is 2.16. The second kappa shape index (κ2) is 9.20. The highest BCUT2D eigenvalue weighted by atomic mass is 32.2. The van der Waals surface area contributed by atoms with E-state index in [0.29, 0.717) is 38.1 Å². The average molecular weight is 368 g/mol. The number of hydrogen-bond acceptors (Lipinski definition) is 4. The fraction of sp³-hybridized carbons (Fsp3) is 0.611. The van der Waals surface area contributed by atoms with Gasteiger partial charge in [0.2, 0.25) is 10.0 Å². The molecule has 1 aliphatic rings. The predicted octanol–water partition coefficient (Wildman–Crippen LogP) is 2.08. The van der Waals surface area contributed by atoms with Crippen molar-refractivity contribution in [2.24, 2.45) is 0 Å². The lowest BCUT2D eigenvalue weighted by Crippen LogP contribution is -2.47. The molecule has 25 heavy (non-hydrogen) atoms. The summed E-state index contributed by atoms with van der Waals surface area (Å²) >= 11 is 0. The van der Waals surface area contributed by atoms with Crippen LogP contribution in [0.5, 0.6) is 5.75 Å². The van der Waals surface area contributed by atoms with Crippen LogP contribution in [-0.4, -0.2) is 50.1 Å². The number of aryl methyl sites for hydroxylation is 1. The Bertz CT molecular complexity index is 650. The summed E-state index contributed by atoms with van der Waals surface area (Å²) in [5.74, 6) is 0.704. The third-order valence-corrected chi connectivity index (χ3v) is 6.32. The fourth-order valence-corrected chi connectivity index (χ4v) is 4.47. The number of amides is 1. The van der Waals surface area contributed by atoms with Gasteiger partial charge >= 0.3 is 0 Å². The first-order valence-corrected chi connectivity index (χ1v) is 10.5. The molecule has 1 aromatic rings. The van der Waals surface area contributed by atoms with Gasteiger partial charge in [0.05, 0.1) is 5.75 Å². The summed E-state index contributed by atoms with van der Waals surface area (Å²) in [7, 11) is -3.15. The van der Waals surface area contributed by atoms with Gasteiger partial charge in [0, 0.05) is 19.1 Å². The van der Waals surface area contributed by atoms with Crippen molar-refractivity contribution in [3.63, 3.8) is 0 Å². The second-order valence-electron chi connectivity index (χ2n) is 6.51. The maximum atomic E-state index is 12.2. The largest absolute Gasteiger partial charge is 0.484 e. The summed E-state index contributed by atoms with van der Waals surface area (Å²) in [6.45, 7) is 4.88. The molecule has 1 N–H and O–H groups in total. The van der Waals surface area contributed by atoms with E-state index in [9.17, 15) is 13.2 Å². The molecule has 0 aromatic heterocycles. The molecule has 0 spiro atoms. The summed E-state index contributed by atoms with van der Waals surface area (Å²) in [6.07, 6.45) is 2.84. The number of rotatable bonds is 8. The van der Waals surface area contributed by atoms with Crippen LogP contribution >= 0.6 is 0 Å². The number of sulfonamides is 1. The number of piperidine rings is 1. The third-order valence-electron chi connectivity index (χ3n) is 4.36. The molecule has 1 amide bonds. The van der Waals surface area contributed by atoms with E-state index >= 15 is 0 Å². The van der Waals surface area contributed by atoms with E-state index in [1.165, 1.54) is 0 Å². The van der Waals surface area contributed by atoms with Crippen molar-refractivity contribution >= 4 is 15.9 Å². The van der Waals surface area contributed by atoms with Gasteiger partial charge in [0.15, 0.2) is 6.61 Å². The number of carbonyl (C=O) groups excluding carboxylic acids is 1. The molecule has 0 unspecified atom stereocenters. The number of ether oxygens (including phenoxy) is 1. The maximum Gasteiger partial charge on any atom is 0.258 e. The van der Waals surface area contributed by atoms with Crippen LogP contribution in [0.3, 0.4) is 0 Å². The van der Waals surface area contributed by atoms with Crippen LogP contribution in [0.25, 0.3) is 0 Å². The molecule has 140 valence electrons. The number of carbonyl (C=O) groups is 1. The monoisotopic (exact) mass is 368 g/mol. The van der Waals surface area contributed by atoms with Gasteiger partial charge in [0.25, 0.3) is 5.91 Å². The van der Waals surface area contributed by atoms with E-state index < -0.39 is 10.0 Å². The van der Waals surface area contributed by atoms with E-state index in [2.05, 4.69) is 5.32 Å². The lowest BCUT2D eigenvalue weighted by molar-refractivity contribution is -0.124. The van der Waals surface area contributed by atoms with Crippen LogP contribution in [0.4, 0.5) is 0 Å². The number of benzene rings is 1. The van der Waals surface area contributed by atoms with Crippen LogP contribution in [0, 0.1) is 6.92 Å². The molecule has 6 nitrogen and oxygen atoms in total. The van der Waals surface area contributed by atoms with Crippen molar-refractivity contribution < 1.29 is 17.9 Å². The predicted molar refractivity (Wildman–Crippen MR) is 98.1 cm³/mol. The van der Waals surface area contributed by atoms with E-state index in [4.69, 9.17) is 4.74 Å². The summed E-state index contributed by atoms with van der Waals surface area (Å²) < 4.78 is 31.4. The van der Waals surface area contributed by atoms with Gasteiger partial charge in [-0.05, 0) is 38.3 Å². The maximum absolute atomic E-state index is 12.2. The normalized spacial score (nSPS) is 16.6. The molecule has 1 fully saturated rings. The van der Waals surface area contributed by atoms with Crippen molar-refractivity contribution in [1.82, 2.24) is 9.62 Å². The SMILES string of the molecule is CCCCS(=O)(=O)N1CCC(NC(=O)COc2ccc(C)cc2)CC1. The number of nitrogens with one attached hydrogen (secondary N) is 1. The Morgan fingerprint density at radius 2 is 1.88 bits per heavy atom. The van der Waals surface area contributed by atoms with Gasteiger partial charge in [0.1, 0.15) is 5.75 Å². The molecule has 1 heterocycles. The van der Waals surface area contributed by atoms with Crippen molar-refractivity contribution in [2.45, 2.75) is 45.6 Å². The molecular weight excluding hydrogens is 340 g/mol. The first-order valence-electron chi connectivity index (χ1n) is 8.87. The first kappa shape index (κ1) is 19.7. The fourth-order valence-electron chi connectivity index (χ4n) is 2.79. The highest BCUT2D eigenvalue weighted by Gasteiger charge is 2.28. The minimum absolute atomic E-state index is 0.00624. The average Bonchev–Trinajstić information content (AvgIpc) is 2.60. The van der Waals surface area contributed by atoms with Gasteiger partial charge in [-0.1, -0.05) is 31.0 Å². The van der Waals surface area contributed by atoms with Crippen molar-refractivity contribution in [1.29, 1.82) is 0 Å². The van der Waals surface area contributed by atoms with Crippen LogP contribution in [0.15, 0.2) is 24.3 Å². The van der Waals surface area contributed by atoms with E-state index in [1.807, 2.05) is 38.1 Å². The Morgan fingerprint density at radius 3 is 2.48 bits per heavy atom. The van der Waals surface area contributed by atoms with Crippen molar-refractivity contribution in [2.75, 3.05) is 25.4 Å². The Balaban J connectivity index is 1.72. The zero-order chi connectivity index (χ0) is 18.3. The van der Waals surface area contributed by atoms with Crippen LogP contribution in [0.2, 0.25) is 0 Å². The third kappa shape index (κ3) is 6.32. The molecule has 2 rings (SSSR count). The molecular formula is C18H28N2O4S. The summed E-state index contributed by atoms with van der Waals surface area (Å²) in [6, 6.07) is 7.54. The van der Waals surface area contributed by atoms with Crippen LogP contribution < -0.4 is 10.1 Å². The first-order chi connectivity index (χ1) is 11.9. The molecule has 1 aliphatic heterocycles. The standard InChI is InChI=1S/C18H28N2O4S/c1-3-4-13-25(22,23)20-11-9-16(10-12-20)19-18(21)14-24-17-7-5-15(2)6-8-17/h5-8,16H,3-4,9-14H2,1-2H3,(H,19,21). The van der Waals surface area contributed by atoms with Crippen LogP contribution in [0.1, 0.15) is 38.2 Å². The Labute approximate surface area is 150 Å². The van der Waals surface area contributed by atoms with E-state index in [0.717, 1.165) is 12.0 Å². The molecule has 1 saturated heterocycles. The summed E-state index contributed by atoms with van der Waals surface area (Å²) in [4.78, 5) is 12.0. The van der Waals surface area contributed by atoms with Crippen LogP contribution in [-0.2, 0) is 14.8 Å². The van der Waals surface area contributed by atoms with Gasteiger partial charge in [-0.25, -0.2) is 12.7 Å². The molecule has 0 saturated carbocycles.